The van der Waals surface area contributed by atoms with Gasteiger partial charge in [-0.3, -0.25) is 4.18 Å². The molecule has 0 radical (unpaired) electrons. The molecule has 0 spiro atoms. The third-order valence-corrected chi connectivity index (χ3v) is 4.83. The molecule has 1 unspecified atom stereocenters. The van der Waals surface area contributed by atoms with E-state index >= 15 is 0 Å². The van der Waals surface area contributed by atoms with Gasteiger partial charge in [-0.25, -0.2) is 8.93 Å². The largest absolute Gasteiger partial charge is 0.387 e. The summed E-state index contributed by atoms with van der Waals surface area (Å²) in [5, 5.41) is 9.93. The smallest absolute Gasteiger partial charge is 0.264 e. The molecule has 18 heavy (non-hydrogen) atoms. The molecule has 1 aliphatic carbocycles. The second-order valence-electron chi connectivity index (χ2n) is 5.79. The Balaban J connectivity index is 2.37. The fourth-order valence-electron chi connectivity index (χ4n) is 1.60. The molecule has 8 heteroatoms. The Labute approximate surface area is 111 Å². The van der Waals surface area contributed by atoms with E-state index in [2.05, 4.69) is 8.91 Å². The van der Waals surface area contributed by atoms with E-state index in [1.807, 2.05) is 20.8 Å². The van der Waals surface area contributed by atoms with E-state index in [9.17, 15) is 17.7 Å². The van der Waals surface area contributed by atoms with Crippen LogP contribution in [0.25, 0.3) is 0 Å². The summed E-state index contributed by atoms with van der Waals surface area (Å²) in [4.78, 5) is 0. The van der Waals surface area contributed by atoms with Gasteiger partial charge in [-0.2, -0.15) is 8.42 Å². The average molecular weight is 299 g/mol. The van der Waals surface area contributed by atoms with Gasteiger partial charge in [0.2, 0.25) is 0 Å². The van der Waals surface area contributed by atoms with Gasteiger partial charge in [0, 0.05) is 6.04 Å². The van der Waals surface area contributed by atoms with Crippen LogP contribution in [0.15, 0.2) is 0 Å². The first kappa shape index (κ1) is 16.0. The molecule has 1 rings (SSSR count). The van der Waals surface area contributed by atoms with Crippen molar-refractivity contribution in [1.29, 1.82) is 0 Å². The molecule has 6 nitrogen and oxygen atoms in total. The Hall–Kier alpha value is -0.0200. The van der Waals surface area contributed by atoms with Crippen LogP contribution in [0.3, 0.4) is 0 Å². The lowest BCUT2D eigenvalue weighted by Gasteiger charge is -2.43. The first-order valence-corrected chi connectivity index (χ1v) is 8.63. The van der Waals surface area contributed by atoms with Crippen molar-refractivity contribution in [3.63, 3.8) is 0 Å². The molecule has 1 saturated carbocycles. The third kappa shape index (κ3) is 4.93. The first-order chi connectivity index (χ1) is 7.91. The Morgan fingerprint density at radius 3 is 2.33 bits per heavy atom. The lowest BCUT2D eigenvalue weighted by Crippen LogP contribution is -2.57. The van der Waals surface area contributed by atoms with Crippen molar-refractivity contribution in [1.82, 2.24) is 4.72 Å². The van der Waals surface area contributed by atoms with Crippen LogP contribution in [0.1, 0.15) is 33.6 Å². The molecule has 0 aromatic heterocycles. The fourth-order valence-corrected chi connectivity index (χ4v) is 2.86. The number of hydrogen-bond donors (Lipinski definition) is 2. The van der Waals surface area contributed by atoms with Crippen molar-refractivity contribution >= 4 is 21.1 Å². The summed E-state index contributed by atoms with van der Waals surface area (Å²) in [7, 11) is -4.73. The topological polar surface area (TPSA) is 92.7 Å². The molecular formula is C10H21NO5S2. The molecule has 0 aromatic carbocycles. The number of nitrogens with one attached hydrogen (secondary N) is 1. The molecular weight excluding hydrogens is 278 g/mol. The lowest BCUT2D eigenvalue weighted by molar-refractivity contribution is -0.0790. The van der Waals surface area contributed by atoms with Crippen molar-refractivity contribution in [3.05, 3.63) is 0 Å². The van der Waals surface area contributed by atoms with E-state index in [1.165, 1.54) is 0 Å². The van der Waals surface area contributed by atoms with Crippen molar-refractivity contribution in [2.24, 2.45) is 0 Å². The van der Waals surface area contributed by atoms with Gasteiger partial charge >= 0.3 is 0 Å². The van der Waals surface area contributed by atoms with Gasteiger partial charge in [0.1, 0.15) is 0 Å². The predicted octanol–water partition coefficient (Wildman–Crippen LogP) is -0.0921. The minimum absolute atomic E-state index is 0.0711. The summed E-state index contributed by atoms with van der Waals surface area (Å²) < 4.78 is 40.5. The van der Waals surface area contributed by atoms with Gasteiger partial charge in [0.15, 0.2) is 0 Å². The molecule has 1 atom stereocenters. The molecule has 1 fully saturated rings. The van der Waals surface area contributed by atoms with Crippen LogP contribution in [0.5, 0.6) is 0 Å². The quantitative estimate of drug-likeness (QED) is 0.692. The second-order valence-corrected chi connectivity index (χ2v) is 9.44. The number of aliphatic hydroxyl groups is 1. The van der Waals surface area contributed by atoms with Crippen LogP contribution >= 0.6 is 0 Å². The number of rotatable bonds is 5. The molecule has 0 aliphatic heterocycles. The monoisotopic (exact) mass is 299 g/mol. The molecule has 0 amide bonds. The molecule has 0 aromatic rings. The van der Waals surface area contributed by atoms with E-state index in [4.69, 9.17) is 0 Å². The zero-order chi connectivity index (χ0) is 14.2. The zero-order valence-corrected chi connectivity index (χ0v) is 12.7. The first-order valence-electron chi connectivity index (χ1n) is 5.66. The maximum absolute atomic E-state index is 11.8. The summed E-state index contributed by atoms with van der Waals surface area (Å²) in [6.07, 6.45) is 1.62. The van der Waals surface area contributed by atoms with Crippen LogP contribution in [-0.2, 0) is 25.3 Å². The molecule has 0 heterocycles. The van der Waals surface area contributed by atoms with E-state index in [1.54, 1.807) is 0 Å². The molecule has 0 saturated heterocycles. The van der Waals surface area contributed by atoms with Gasteiger partial charge in [-0.15, -0.1) is 0 Å². The lowest BCUT2D eigenvalue weighted by atomic mass is 9.77. The van der Waals surface area contributed by atoms with E-state index < -0.39 is 26.7 Å². The summed E-state index contributed by atoms with van der Waals surface area (Å²) in [6, 6.07) is -0.0711. The molecule has 1 aliphatic rings. The van der Waals surface area contributed by atoms with Gasteiger partial charge < -0.3 is 5.11 Å². The van der Waals surface area contributed by atoms with Gasteiger partial charge in [-0.05, 0) is 33.6 Å². The minimum Gasteiger partial charge on any atom is -0.387 e. The molecule has 0 bridgehead atoms. The average Bonchev–Trinajstić information content (AvgIpc) is 2.09. The van der Waals surface area contributed by atoms with E-state index in [0.29, 0.717) is 12.8 Å². The normalized spacial score (nSPS) is 30.8. The highest BCUT2D eigenvalue weighted by atomic mass is 32.2. The highest BCUT2D eigenvalue weighted by Gasteiger charge is 2.44. The predicted molar refractivity (Wildman–Crippen MR) is 69.8 cm³/mol. The van der Waals surface area contributed by atoms with Crippen LogP contribution in [0.2, 0.25) is 0 Å². The van der Waals surface area contributed by atoms with Crippen molar-refractivity contribution in [2.45, 2.75) is 50.0 Å². The maximum atomic E-state index is 11.8. The molecule has 2 N–H and O–H groups in total. The summed E-state index contributed by atoms with van der Waals surface area (Å²) in [6.45, 7) is 5.32. The standard InChI is InChI=1S/C10H21NO5S2/c1-9(2,3)17(13)11-8-5-10(12,6-8)7-16-18(4,14)15/h8,11-12H,5-7H2,1-4H3. The van der Waals surface area contributed by atoms with E-state index in [0.717, 1.165) is 6.26 Å². The van der Waals surface area contributed by atoms with Crippen LogP contribution < -0.4 is 4.72 Å². The Kier molecular flexibility index (Phi) is 4.60. The minimum atomic E-state index is -3.54. The Morgan fingerprint density at radius 1 is 1.44 bits per heavy atom. The van der Waals surface area contributed by atoms with Gasteiger partial charge in [0.25, 0.3) is 10.1 Å². The third-order valence-electron chi connectivity index (χ3n) is 2.62. The van der Waals surface area contributed by atoms with Gasteiger partial charge in [-0.1, -0.05) is 0 Å². The summed E-state index contributed by atoms with van der Waals surface area (Å²) in [5.74, 6) is 0. The molecule has 108 valence electrons. The highest BCUT2D eigenvalue weighted by molar-refractivity contribution is 7.86. The Morgan fingerprint density at radius 2 is 1.94 bits per heavy atom. The zero-order valence-electron chi connectivity index (χ0n) is 11.1. The van der Waals surface area contributed by atoms with E-state index in [-0.39, 0.29) is 17.4 Å². The summed E-state index contributed by atoms with van der Waals surface area (Å²) in [5.41, 5.74) is -1.14. The van der Waals surface area contributed by atoms with Gasteiger partial charge in [0.05, 0.1) is 34.2 Å². The SMILES string of the molecule is CC(C)(C)S(=O)NC1CC(O)(COS(C)(=O)=O)C1. The van der Waals surface area contributed by atoms with Crippen molar-refractivity contribution in [2.75, 3.05) is 12.9 Å². The second kappa shape index (κ2) is 5.16. The summed E-state index contributed by atoms with van der Waals surface area (Å²) >= 11 is 0. The van der Waals surface area contributed by atoms with Crippen LogP contribution in [0.4, 0.5) is 0 Å². The van der Waals surface area contributed by atoms with Crippen molar-refractivity contribution < 1.29 is 21.9 Å². The van der Waals surface area contributed by atoms with Crippen LogP contribution in [-0.4, -0.2) is 47.0 Å². The van der Waals surface area contributed by atoms with Crippen LogP contribution in [0, 0.1) is 0 Å². The Bertz CT molecular complexity index is 420. The maximum Gasteiger partial charge on any atom is 0.264 e. The van der Waals surface area contributed by atoms with Crippen molar-refractivity contribution in [3.8, 4) is 0 Å². The number of hydrogen-bond acceptors (Lipinski definition) is 5. The fraction of sp³-hybridized carbons (Fsp3) is 1.00. The highest BCUT2D eigenvalue weighted by Crippen LogP contribution is 2.33.